The van der Waals surface area contributed by atoms with E-state index in [0.29, 0.717) is 0 Å². The Morgan fingerprint density at radius 2 is 1.52 bits per heavy atom. The first-order valence-electron chi connectivity index (χ1n) is 8.49. The third kappa shape index (κ3) is 4.36. The molecule has 0 aliphatic heterocycles. The number of non-ortho nitro benzene ring substituents is 1. The molecule has 2 aromatic carbocycles. The van der Waals surface area contributed by atoms with Crippen molar-refractivity contribution in [2.45, 2.75) is 31.6 Å². The second-order valence-electron chi connectivity index (χ2n) is 6.49. The fourth-order valence-corrected chi connectivity index (χ4v) is 3.33. The third-order valence-corrected chi connectivity index (χ3v) is 4.60. The second-order valence-corrected chi connectivity index (χ2v) is 6.49. The Kier molecular flexibility index (Phi) is 5.29. The molecule has 0 saturated carbocycles. The number of halogens is 6. The predicted molar refractivity (Wildman–Crippen MR) is 93.4 cm³/mol. The number of aromatic nitrogens is 1. The van der Waals surface area contributed by atoms with Crippen molar-refractivity contribution in [2.75, 3.05) is 0 Å². The number of nitrogens with one attached hydrogen (secondary N) is 1. The lowest BCUT2D eigenvalue weighted by atomic mass is 9.93. The van der Waals surface area contributed by atoms with E-state index in [1.54, 1.807) is 30.5 Å². The standard InChI is InChI=1S/C19H14F6N2O2/c20-18(21,22)15-8-12(27(28)29)9-16(19(23,24)25)14(15)6-3-4-11-10-26-17-7-2-1-5-13(11)17/h1-2,5,7-10,26H,3-4,6H2. The van der Waals surface area contributed by atoms with Crippen LogP contribution in [0.2, 0.25) is 0 Å². The summed E-state index contributed by atoms with van der Waals surface area (Å²) in [5.74, 6) is 0. The number of nitro benzene ring substituents is 1. The van der Waals surface area contributed by atoms with E-state index in [-0.39, 0.29) is 25.0 Å². The molecule has 0 saturated heterocycles. The minimum absolute atomic E-state index is 0.00577. The third-order valence-electron chi connectivity index (χ3n) is 4.60. The Labute approximate surface area is 160 Å². The van der Waals surface area contributed by atoms with E-state index in [2.05, 4.69) is 4.98 Å². The highest BCUT2D eigenvalue weighted by atomic mass is 19.4. The largest absolute Gasteiger partial charge is 0.416 e. The molecule has 0 spiro atoms. The molecule has 0 aliphatic rings. The van der Waals surface area contributed by atoms with Crippen LogP contribution in [0.4, 0.5) is 32.0 Å². The van der Waals surface area contributed by atoms with Gasteiger partial charge in [-0.15, -0.1) is 0 Å². The molecule has 0 bridgehead atoms. The molecule has 0 radical (unpaired) electrons. The number of aromatic amines is 1. The highest BCUT2D eigenvalue weighted by Gasteiger charge is 2.42. The van der Waals surface area contributed by atoms with Crippen molar-refractivity contribution in [3.05, 3.63) is 75.0 Å². The number of nitrogens with zero attached hydrogens (tertiary/aromatic N) is 1. The smallest absolute Gasteiger partial charge is 0.361 e. The molecule has 0 atom stereocenters. The summed E-state index contributed by atoms with van der Waals surface area (Å²) in [5.41, 5.74) is -3.90. The molecule has 29 heavy (non-hydrogen) atoms. The maximum atomic E-state index is 13.4. The maximum Gasteiger partial charge on any atom is 0.416 e. The number of hydrogen-bond donors (Lipinski definition) is 1. The van der Waals surface area contributed by atoms with Crippen molar-refractivity contribution in [3.8, 4) is 0 Å². The second kappa shape index (κ2) is 7.41. The van der Waals surface area contributed by atoms with Gasteiger partial charge in [-0.3, -0.25) is 10.1 Å². The summed E-state index contributed by atoms with van der Waals surface area (Å²) in [4.78, 5) is 12.6. The average Bonchev–Trinajstić information content (AvgIpc) is 3.03. The summed E-state index contributed by atoms with van der Waals surface area (Å²) in [6.45, 7) is 0. The number of rotatable bonds is 5. The number of alkyl halides is 6. The van der Waals surface area contributed by atoms with Crippen LogP contribution in [0.3, 0.4) is 0 Å². The van der Waals surface area contributed by atoms with Crippen LogP contribution in [-0.4, -0.2) is 9.91 Å². The van der Waals surface area contributed by atoms with Crippen LogP contribution in [0.25, 0.3) is 10.9 Å². The first-order chi connectivity index (χ1) is 13.5. The van der Waals surface area contributed by atoms with Crippen LogP contribution < -0.4 is 0 Å². The molecule has 1 aromatic heterocycles. The first-order valence-corrected chi connectivity index (χ1v) is 8.49. The zero-order chi connectivity index (χ0) is 21.4. The van der Waals surface area contributed by atoms with Gasteiger partial charge in [-0.25, -0.2) is 0 Å². The average molecular weight is 416 g/mol. The van der Waals surface area contributed by atoms with E-state index in [1.165, 1.54) is 0 Å². The molecule has 3 rings (SSSR count). The predicted octanol–water partition coefficient (Wildman–Crippen LogP) is 6.29. The molecule has 0 unspecified atom stereocenters. The summed E-state index contributed by atoms with van der Waals surface area (Å²) in [5, 5.41) is 11.7. The molecule has 1 heterocycles. The number of fused-ring (bicyclic) bond motifs is 1. The fraction of sp³-hybridized carbons (Fsp3) is 0.263. The molecular weight excluding hydrogens is 402 g/mol. The van der Waals surface area contributed by atoms with Crippen LogP contribution in [0.15, 0.2) is 42.6 Å². The summed E-state index contributed by atoms with van der Waals surface area (Å²) >= 11 is 0. The van der Waals surface area contributed by atoms with Crippen LogP contribution >= 0.6 is 0 Å². The SMILES string of the molecule is O=[N+]([O-])c1cc(C(F)(F)F)c(CCCc2c[nH]c3ccccc23)c(C(F)(F)F)c1. The number of para-hydroxylation sites is 1. The lowest BCUT2D eigenvalue weighted by Crippen LogP contribution is -2.17. The van der Waals surface area contributed by atoms with Crippen LogP contribution in [0, 0.1) is 10.1 Å². The fourth-order valence-electron chi connectivity index (χ4n) is 3.33. The number of hydrogen-bond acceptors (Lipinski definition) is 2. The van der Waals surface area contributed by atoms with E-state index in [4.69, 9.17) is 0 Å². The summed E-state index contributed by atoms with van der Waals surface area (Å²) < 4.78 is 80.2. The molecule has 154 valence electrons. The van der Waals surface area contributed by atoms with Crippen LogP contribution in [0.1, 0.15) is 28.7 Å². The minimum Gasteiger partial charge on any atom is -0.361 e. The highest BCUT2D eigenvalue weighted by Crippen LogP contribution is 2.42. The van der Waals surface area contributed by atoms with Gasteiger partial charge in [0.1, 0.15) is 0 Å². The topological polar surface area (TPSA) is 58.9 Å². The van der Waals surface area contributed by atoms with E-state index >= 15 is 0 Å². The normalized spacial score (nSPS) is 12.5. The Balaban J connectivity index is 1.97. The van der Waals surface area contributed by atoms with Gasteiger partial charge in [0.15, 0.2) is 0 Å². The highest BCUT2D eigenvalue weighted by molar-refractivity contribution is 5.83. The van der Waals surface area contributed by atoms with Gasteiger partial charge in [-0.2, -0.15) is 26.3 Å². The number of benzene rings is 2. The van der Waals surface area contributed by atoms with Crippen molar-refractivity contribution in [1.82, 2.24) is 4.98 Å². The van der Waals surface area contributed by atoms with Gasteiger partial charge in [0.05, 0.1) is 16.1 Å². The molecule has 0 aliphatic carbocycles. The summed E-state index contributed by atoms with van der Waals surface area (Å²) in [6.07, 6.45) is -8.91. The molecule has 0 amide bonds. The molecule has 4 nitrogen and oxygen atoms in total. The van der Waals surface area contributed by atoms with Crippen molar-refractivity contribution in [3.63, 3.8) is 0 Å². The van der Waals surface area contributed by atoms with Gasteiger partial charge < -0.3 is 4.98 Å². The first kappa shape index (κ1) is 20.7. The zero-order valence-corrected chi connectivity index (χ0v) is 14.7. The van der Waals surface area contributed by atoms with Crippen molar-refractivity contribution in [2.24, 2.45) is 0 Å². The van der Waals surface area contributed by atoms with E-state index in [1.807, 2.05) is 0 Å². The Bertz CT molecular complexity index is 1020. The van der Waals surface area contributed by atoms with E-state index in [9.17, 15) is 36.5 Å². The number of H-pyrrole nitrogens is 1. The molecule has 0 fully saturated rings. The van der Waals surface area contributed by atoms with Crippen molar-refractivity contribution in [1.29, 1.82) is 0 Å². The minimum atomic E-state index is -5.15. The van der Waals surface area contributed by atoms with E-state index in [0.717, 1.165) is 16.5 Å². The summed E-state index contributed by atoms with van der Waals surface area (Å²) in [7, 11) is 0. The molecular formula is C19H14F6N2O2. The Hall–Kier alpha value is -3.04. The van der Waals surface area contributed by atoms with Gasteiger partial charge in [-0.1, -0.05) is 18.2 Å². The van der Waals surface area contributed by atoms with Crippen LogP contribution in [0.5, 0.6) is 0 Å². The molecule has 1 N–H and O–H groups in total. The molecule has 3 aromatic rings. The Morgan fingerprint density at radius 1 is 0.931 bits per heavy atom. The zero-order valence-electron chi connectivity index (χ0n) is 14.7. The summed E-state index contributed by atoms with van der Waals surface area (Å²) in [6, 6.07) is 7.50. The van der Waals surface area contributed by atoms with Crippen molar-refractivity contribution < 1.29 is 31.3 Å². The molecule has 10 heteroatoms. The monoisotopic (exact) mass is 416 g/mol. The van der Waals surface area contributed by atoms with Gasteiger partial charge in [-0.05, 0) is 36.5 Å². The van der Waals surface area contributed by atoms with E-state index < -0.39 is 46.1 Å². The van der Waals surface area contributed by atoms with Crippen LogP contribution in [-0.2, 0) is 25.2 Å². The van der Waals surface area contributed by atoms with Crippen molar-refractivity contribution >= 4 is 16.6 Å². The van der Waals surface area contributed by atoms with Gasteiger partial charge in [0.25, 0.3) is 5.69 Å². The Morgan fingerprint density at radius 3 is 2.07 bits per heavy atom. The number of nitro groups is 1. The van der Waals surface area contributed by atoms with Gasteiger partial charge in [0.2, 0.25) is 0 Å². The maximum absolute atomic E-state index is 13.4. The quantitative estimate of drug-likeness (QED) is 0.302. The van der Waals surface area contributed by atoms with Gasteiger partial charge in [0, 0.05) is 29.2 Å². The lowest BCUT2D eigenvalue weighted by Gasteiger charge is -2.18. The number of aryl methyl sites for hydroxylation is 1. The van der Waals surface area contributed by atoms with Gasteiger partial charge >= 0.3 is 12.4 Å². The lowest BCUT2D eigenvalue weighted by molar-refractivity contribution is -0.385.